The average molecular weight is 378 g/mol. The first-order valence-corrected chi connectivity index (χ1v) is 9.55. The van der Waals surface area contributed by atoms with Gasteiger partial charge in [-0.3, -0.25) is 19.3 Å². The highest BCUT2D eigenvalue weighted by atomic mass is 32.2. The van der Waals surface area contributed by atoms with Crippen LogP contribution in [-0.4, -0.2) is 47.8 Å². The second-order valence-electron chi connectivity index (χ2n) is 6.53. The minimum atomic E-state index is -0.603. The molecule has 0 unspecified atom stereocenters. The Labute approximate surface area is 156 Å². The standard InChI is InChI=1S/C18H22N2O5S/c1-12(2)24-16(21)11-20-17(22)14(26-18(20)23)10-13-6-7-15(25-13)19-8-4-3-5-9-19/h6-7,10,12H,3-5,8-9,11H2,1-2H3. The summed E-state index contributed by atoms with van der Waals surface area (Å²) in [6.07, 6.45) is 4.76. The highest BCUT2D eigenvalue weighted by Gasteiger charge is 2.37. The fraction of sp³-hybridized carbons (Fsp3) is 0.500. The Kier molecular flexibility index (Phi) is 5.70. The maximum atomic E-state index is 12.4. The largest absolute Gasteiger partial charge is 0.462 e. The molecule has 0 N–H and O–H groups in total. The van der Waals surface area contributed by atoms with Crippen LogP contribution >= 0.6 is 11.8 Å². The Morgan fingerprint density at radius 2 is 2.00 bits per heavy atom. The van der Waals surface area contributed by atoms with Crippen molar-refractivity contribution in [1.29, 1.82) is 0 Å². The second-order valence-corrected chi connectivity index (χ2v) is 7.52. The third kappa shape index (κ3) is 4.30. The van der Waals surface area contributed by atoms with Crippen molar-refractivity contribution >= 4 is 40.8 Å². The van der Waals surface area contributed by atoms with E-state index in [2.05, 4.69) is 4.90 Å². The van der Waals surface area contributed by atoms with E-state index >= 15 is 0 Å². The zero-order valence-electron chi connectivity index (χ0n) is 14.9. The summed E-state index contributed by atoms with van der Waals surface area (Å²) in [7, 11) is 0. The number of anilines is 1. The molecule has 8 heteroatoms. The molecule has 2 aliphatic rings. The predicted molar refractivity (Wildman–Crippen MR) is 98.7 cm³/mol. The van der Waals surface area contributed by atoms with E-state index in [1.807, 2.05) is 6.07 Å². The van der Waals surface area contributed by atoms with E-state index in [4.69, 9.17) is 9.15 Å². The van der Waals surface area contributed by atoms with Crippen LogP contribution in [0.1, 0.15) is 38.9 Å². The van der Waals surface area contributed by atoms with Crippen LogP contribution in [0.2, 0.25) is 0 Å². The number of amides is 2. The summed E-state index contributed by atoms with van der Waals surface area (Å²) in [5.74, 6) is 0.182. The van der Waals surface area contributed by atoms with Crippen LogP contribution in [0.25, 0.3) is 6.08 Å². The van der Waals surface area contributed by atoms with Crippen LogP contribution in [0, 0.1) is 0 Å². The predicted octanol–water partition coefficient (Wildman–Crippen LogP) is 3.26. The quantitative estimate of drug-likeness (QED) is 0.575. The Bertz CT molecular complexity index is 734. The molecule has 2 amide bonds. The molecule has 0 radical (unpaired) electrons. The molecule has 26 heavy (non-hydrogen) atoms. The molecule has 0 saturated carbocycles. The lowest BCUT2D eigenvalue weighted by Crippen LogP contribution is -2.35. The summed E-state index contributed by atoms with van der Waals surface area (Å²) >= 11 is 0.800. The maximum absolute atomic E-state index is 12.4. The van der Waals surface area contributed by atoms with Crippen molar-refractivity contribution in [2.75, 3.05) is 24.5 Å². The average Bonchev–Trinajstić information content (AvgIpc) is 3.16. The monoisotopic (exact) mass is 378 g/mol. The van der Waals surface area contributed by atoms with Crippen LogP contribution in [0.15, 0.2) is 21.5 Å². The Balaban J connectivity index is 1.67. The van der Waals surface area contributed by atoms with Crippen molar-refractivity contribution in [2.45, 2.75) is 39.2 Å². The van der Waals surface area contributed by atoms with Crippen molar-refractivity contribution in [1.82, 2.24) is 4.90 Å². The minimum Gasteiger partial charge on any atom is -0.462 e. The zero-order valence-corrected chi connectivity index (χ0v) is 15.7. The molecule has 1 aromatic heterocycles. The number of nitrogens with zero attached hydrogens (tertiary/aromatic N) is 2. The number of furan rings is 1. The van der Waals surface area contributed by atoms with Crippen LogP contribution in [0.4, 0.5) is 10.7 Å². The topological polar surface area (TPSA) is 80.1 Å². The summed E-state index contributed by atoms with van der Waals surface area (Å²) in [5.41, 5.74) is 0. The van der Waals surface area contributed by atoms with Gasteiger partial charge in [-0.25, -0.2) is 0 Å². The smallest absolute Gasteiger partial charge is 0.326 e. The van der Waals surface area contributed by atoms with E-state index < -0.39 is 17.1 Å². The molecule has 2 aliphatic heterocycles. The van der Waals surface area contributed by atoms with Gasteiger partial charge in [0.05, 0.1) is 11.0 Å². The lowest BCUT2D eigenvalue weighted by molar-refractivity contribution is -0.149. The molecule has 0 atom stereocenters. The third-order valence-electron chi connectivity index (χ3n) is 4.08. The van der Waals surface area contributed by atoms with Gasteiger partial charge >= 0.3 is 5.97 Å². The fourth-order valence-corrected chi connectivity index (χ4v) is 3.72. The number of ether oxygens (including phenoxy) is 1. The highest BCUT2D eigenvalue weighted by molar-refractivity contribution is 8.18. The molecule has 2 fully saturated rings. The summed E-state index contributed by atoms with van der Waals surface area (Å²) in [6.45, 7) is 4.96. The number of rotatable bonds is 5. The van der Waals surface area contributed by atoms with Gasteiger partial charge in [-0.2, -0.15) is 0 Å². The Morgan fingerprint density at radius 3 is 2.69 bits per heavy atom. The molecule has 0 spiro atoms. The fourth-order valence-electron chi connectivity index (χ4n) is 2.90. The Morgan fingerprint density at radius 1 is 1.27 bits per heavy atom. The van der Waals surface area contributed by atoms with Gasteiger partial charge in [-0.05, 0) is 50.9 Å². The van der Waals surface area contributed by atoms with Crippen molar-refractivity contribution in [2.24, 2.45) is 0 Å². The van der Waals surface area contributed by atoms with E-state index in [-0.39, 0.29) is 17.6 Å². The molecule has 3 rings (SSSR count). The molecular formula is C18H22N2O5S. The molecule has 140 valence electrons. The van der Waals surface area contributed by atoms with Crippen molar-refractivity contribution in [3.8, 4) is 0 Å². The summed E-state index contributed by atoms with van der Waals surface area (Å²) in [5, 5.41) is -0.482. The molecular weight excluding hydrogens is 356 g/mol. The van der Waals surface area contributed by atoms with Crippen molar-refractivity contribution in [3.05, 3.63) is 22.8 Å². The van der Waals surface area contributed by atoms with E-state index in [0.717, 1.165) is 48.5 Å². The lowest BCUT2D eigenvalue weighted by Gasteiger charge is -2.25. The van der Waals surface area contributed by atoms with Gasteiger partial charge in [0.1, 0.15) is 12.3 Å². The van der Waals surface area contributed by atoms with Gasteiger partial charge in [-0.1, -0.05) is 0 Å². The summed E-state index contributed by atoms with van der Waals surface area (Å²) < 4.78 is 10.8. The Hall–Kier alpha value is -2.22. The number of carbonyl (C=O) groups is 3. The van der Waals surface area contributed by atoms with Gasteiger partial charge in [0, 0.05) is 25.2 Å². The molecule has 0 bridgehead atoms. The van der Waals surface area contributed by atoms with Gasteiger partial charge in [-0.15, -0.1) is 0 Å². The number of imide groups is 1. The normalized spacial score (nSPS) is 19.7. The number of thioether (sulfide) groups is 1. The SMILES string of the molecule is CC(C)OC(=O)CN1C(=O)SC(=Cc2ccc(N3CCCCC3)o2)C1=O. The maximum Gasteiger partial charge on any atom is 0.326 e. The first-order valence-electron chi connectivity index (χ1n) is 8.73. The van der Waals surface area contributed by atoms with Crippen LogP contribution in [0.5, 0.6) is 0 Å². The number of carbonyl (C=O) groups excluding carboxylic acids is 3. The van der Waals surface area contributed by atoms with Crippen LogP contribution < -0.4 is 4.90 Å². The lowest BCUT2D eigenvalue weighted by atomic mass is 10.1. The summed E-state index contributed by atoms with van der Waals surface area (Å²) in [4.78, 5) is 39.5. The number of hydrogen-bond acceptors (Lipinski definition) is 7. The molecule has 7 nitrogen and oxygen atoms in total. The van der Waals surface area contributed by atoms with E-state index in [9.17, 15) is 14.4 Å². The van der Waals surface area contributed by atoms with Gasteiger partial charge in [0.15, 0.2) is 5.88 Å². The molecule has 0 aliphatic carbocycles. The third-order valence-corrected chi connectivity index (χ3v) is 4.99. The van der Waals surface area contributed by atoms with Crippen LogP contribution in [0.3, 0.4) is 0 Å². The van der Waals surface area contributed by atoms with Gasteiger partial charge in [0.2, 0.25) is 0 Å². The first kappa shape index (κ1) is 18.6. The van der Waals surface area contributed by atoms with Crippen molar-refractivity contribution < 1.29 is 23.5 Å². The van der Waals surface area contributed by atoms with E-state index in [1.165, 1.54) is 6.42 Å². The molecule has 1 aromatic rings. The van der Waals surface area contributed by atoms with Gasteiger partial charge in [0.25, 0.3) is 11.1 Å². The molecule has 2 saturated heterocycles. The van der Waals surface area contributed by atoms with Crippen LogP contribution in [-0.2, 0) is 14.3 Å². The minimum absolute atomic E-state index is 0.242. The van der Waals surface area contributed by atoms with Crippen molar-refractivity contribution in [3.63, 3.8) is 0 Å². The van der Waals surface area contributed by atoms with Gasteiger partial charge < -0.3 is 14.1 Å². The number of hydrogen-bond donors (Lipinski definition) is 0. The second kappa shape index (κ2) is 7.99. The molecule has 0 aromatic carbocycles. The molecule has 3 heterocycles. The highest BCUT2D eigenvalue weighted by Crippen LogP contribution is 2.33. The summed E-state index contributed by atoms with van der Waals surface area (Å²) in [6, 6.07) is 3.66. The van der Waals surface area contributed by atoms with E-state index in [0.29, 0.717) is 5.76 Å². The first-order chi connectivity index (χ1) is 12.4. The van der Waals surface area contributed by atoms with E-state index in [1.54, 1.807) is 26.0 Å². The number of esters is 1. The zero-order chi connectivity index (χ0) is 18.7. The number of piperidine rings is 1.